The highest BCUT2D eigenvalue weighted by molar-refractivity contribution is 5.95. The van der Waals surface area contributed by atoms with Gasteiger partial charge in [0.05, 0.1) is 12.6 Å². The van der Waals surface area contributed by atoms with Crippen molar-refractivity contribution in [1.82, 2.24) is 14.8 Å². The van der Waals surface area contributed by atoms with Gasteiger partial charge in [-0.25, -0.2) is 0 Å². The van der Waals surface area contributed by atoms with E-state index in [1.807, 2.05) is 66.9 Å². The van der Waals surface area contributed by atoms with Gasteiger partial charge in [0.15, 0.2) is 0 Å². The number of ether oxygens (including phenoxy) is 1. The van der Waals surface area contributed by atoms with Crippen molar-refractivity contribution in [3.05, 3.63) is 102 Å². The number of pyridine rings is 1. The van der Waals surface area contributed by atoms with Crippen molar-refractivity contribution in [2.75, 3.05) is 38.6 Å². The van der Waals surface area contributed by atoms with Gasteiger partial charge in [-0.15, -0.1) is 0 Å². The van der Waals surface area contributed by atoms with E-state index in [0.29, 0.717) is 0 Å². The fraction of sp³-hybridized carbons (Fsp3) is 0.241. The molecule has 1 aliphatic heterocycles. The Balaban J connectivity index is 1.30. The third-order valence-corrected chi connectivity index (χ3v) is 6.58. The van der Waals surface area contributed by atoms with E-state index in [2.05, 4.69) is 44.4 Å². The van der Waals surface area contributed by atoms with Crippen molar-refractivity contribution in [2.24, 2.45) is 0 Å². The molecule has 6 nitrogen and oxygen atoms in total. The summed E-state index contributed by atoms with van der Waals surface area (Å²) >= 11 is 0. The Labute approximate surface area is 206 Å². The van der Waals surface area contributed by atoms with Gasteiger partial charge in [0.2, 0.25) is 5.91 Å². The minimum atomic E-state index is -0.358. The molecule has 1 aromatic heterocycles. The lowest BCUT2D eigenvalue weighted by Crippen LogP contribution is -2.49. The number of para-hydroxylation sites is 1. The predicted octanol–water partition coefficient (Wildman–Crippen LogP) is 4.74. The zero-order valence-electron chi connectivity index (χ0n) is 19.9. The molecule has 0 radical (unpaired) electrons. The molecule has 6 heteroatoms. The highest BCUT2D eigenvalue weighted by Gasteiger charge is 2.30. The fourth-order valence-electron chi connectivity index (χ4n) is 4.79. The van der Waals surface area contributed by atoms with Crippen LogP contribution in [-0.2, 0) is 11.3 Å². The molecule has 0 bridgehead atoms. The van der Waals surface area contributed by atoms with Crippen LogP contribution >= 0.6 is 0 Å². The summed E-state index contributed by atoms with van der Waals surface area (Å²) in [5.41, 5.74) is 4.04. The number of rotatable bonds is 7. The largest absolute Gasteiger partial charge is 0.497 e. The Morgan fingerprint density at radius 1 is 0.943 bits per heavy atom. The van der Waals surface area contributed by atoms with E-state index < -0.39 is 0 Å². The van der Waals surface area contributed by atoms with E-state index in [1.54, 1.807) is 7.11 Å². The fourth-order valence-corrected chi connectivity index (χ4v) is 4.79. The Bertz CT molecular complexity index is 1280. The second-order valence-electron chi connectivity index (χ2n) is 8.84. The number of benzene rings is 3. The van der Waals surface area contributed by atoms with Gasteiger partial charge in [0.25, 0.3) is 0 Å². The maximum atomic E-state index is 13.5. The van der Waals surface area contributed by atoms with Gasteiger partial charge in [0, 0.05) is 56.1 Å². The zero-order chi connectivity index (χ0) is 24.0. The first-order valence-corrected chi connectivity index (χ1v) is 12.0. The molecule has 1 amide bonds. The molecular weight excluding hydrogens is 436 g/mol. The SMILES string of the molecule is COc1cccc(NC(=O)[C@H](c2ccccc2)N2CCN(Cc3cccc4cccnc34)CC2)c1. The number of piperazine rings is 1. The molecule has 2 heterocycles. The lowest BCUT2D eigenvalue weighted by Gasteiger charge is -2.39. The lowest BCUT2D eigenvalue weighted by atomic mass is 10.0. The molecule has 0 spiro atoms. The van der Waals surface area contributed by atoms with Crippen molar-refractivity contribution in [2.45, 2.75) is 12.6 Å². The van der Waals surface area contributed by atoms with Crippen molar-refractivity contribution >= 4 is 22.5 Å². The molecule has 1 N–H and O–H groups in total. The predicted molar refractivity (Wildman–Crippen MR) is 139 cm³/mol. The van der Waals surface area contributed by atoms with Crippen molar-refractivity contribution < 1.29 is 9.53 Å². The summed E-state index contributed by atoms with van der Waals surface area (Å²) < 4.78 is 5.31. The van der Waals surface area contributed by atoms with Crippen LogP contribution in [0.1, 0.15) is 17.2 Å². The number of hydrogen-bond donors (Lipinski definition) is 1. The summed E-state index contributed by atoms with van der Waals surface area (Å²) in [7, 11) is 1.63. The number of amides is 1. The topological polar surface area (TPSA) is 57.7 Å². The van der Waals surface area contributed by atoms with E-state index in [0.717, 1.165) is 55.2 Å². The molecule has 1 atom stereocenters. The van der Waals surface area contributed by atoms with Gasteiger partial charge in [-0.3, -0.25) is 19.6 Å². The van der Waals surface area contributed by atoms with Crippen molar-refractivity contribution in [3.8, 4) is 5.75 Å². The summed E-state index contributed by atoms with van der Waals surface area (Å²) in [6.45, 7) is 4.25. The molecular formula is C29H30N4O2. The number of methoxy groups -OCH3 is 1. The molecule has 0 unspecified atom stereocenters. The van der Waals surface area contributed by atoms with Gasteiger partial charge in [-0.2, -0.15) is 0 Å². The third kappa shape index (κ3) is 5.34. The van der Waals surface area contributed by atoms with Gasteiger partial charge < -0.3 is 10.1 Å². The molecule has 0 saturated carbocycles. The third-order valence-electron chi connectivity index (χ3n) is 6.58. The van der Waals surface area contributed by atoms with Gasteiger partial charge in [0.1, 0.15) is 11.8 Å². The number of fused-ring (bicyclic) bond motifs is 1. The number of nitrogens with one attached hydrogen (secondary N) is 1. The van der Waals surface area contributed by atoms with Crippen LogP contribution in [0.15, 0.2) is 91.1 Å². The average Bonchev–Trinajstić information content (AvgIpc) is 2.91. The van der Waals surface area contributed by atoms with Gasteiger partial charge in [-0.1, -0.05) is 60.7 Å². The van der Waals surface area contributed by atoms with Crippen LogP contribution in [0, 0.1) is 0 Å². The molecule has 1 saturated heterocycles. The van der Waals surface area contributed by atoms with Gasteiger partial charge in [-0.05, 0) is 29.3 Å². The highest BCUT2D eigenvalue weighted by Crippen LogP contribution is 2.26. The minimum absolute atomic E-state index is 0.0313. The monoisotopic (exact) mass is 466 g/mol. The maximum absolute atomic E-state index is 13.5. The summed E-state index contributed by atoms with van der Waals surface area (Å²) in [4.78, 5) is 22.8. The average molecular weight is 467 g/mol. The quantitative estimate of drug-likeness (QED) is 0.426. The number of hydrogen-bond acceptors (Lipinski definition) is 5. The van der Waals surface area contributed by atoms with E-state index in [4.69, 9.17) is 4.74 Å². The van der Waals surface area contributed by atoms with E-state index in [9.17, 15) is 4.79 Å². The summed E-state index contributed by atoms with van der Waals surface area (Å²) in [6, 6.07) is 27.6. The summed E-state index contributed by atoms with van der Waals surface area (Å²) in [5, 5.41) is 4.27. The standard InChI is InChI=1S/C29H30N4O2/c1-35-26-14-6-13-25(20-26)31-29(34)28(23-8-3-2-4-9-23)33-18-16-32(17-19-33)21-24-11-5-10-22-12-7-15-30-27(22)24/h2-15,20,28H,16-19,21H2,1H3,(H,31,34)/t28-/m0/s1. The number of anilines is 1. The Kier molecular flexibility index (Phi) is 7.02. The maximum Gasteiger partial charge on any atom is 0.246 e. The first kappa shape index (κ1) is 23.0. The van der Waals surface area contributed by atoms with Crippen LogP contribution in [0.3, 0.4) is 0 Å². The van der Waals surface area contributed by atoms with Crippen molar-refractivity contribution in [1.29, 1.82) is 0 Å². The van der Waals surface area contributed by atoms with Crippen LogP contribution in [0.4, 0.5) is 5.69 Å². The molecule has 1 fully saturated rings. The summed E-state index contributed by atoms with van der Waals surface area (Å²) in [6.07, 6.45) is 1.86. The minimum Gasteiger partial charge on any atom is -0.497 e. The van der Waals surface area contributed by atoms with E-state index in [1.165, 1.54) is 10.9 Å². The summed E-state index contributed by atoms with van der Waals surface area (Å²) in [5.74, 6) is 0.687. The normalized spacial score (nSPS) is 15.6. The Hall–Kier alpha value is -3.74. The lowest BCUT2D eigenvalue weighted by molar-refractivity contribution is -0.122. The number of nitrogens with zero attached hydrogens (tertiary/aromatic N) is 3. The van der Waals surface area contributed by atoms with Crippen LogP contribution in [-0.4, -0.2) is 54.0 Å². The van der Waals surface area contributed by atoms with Crippen LogP contribution < -0.4 is 10.1 Å². The van der Waals surface area contributed by atoms with Crippen LogP contribution in [0.25, 0.3) is 10.9 Å². The van der Waals surface area contributed by atoms with Gasteiger partial charge >= 0.3 is 0 Å². The Morgan fingerprint density at radius 3 is 2.51 bits per heavy atom. The van der Waals surface area contributed by atoms with E-state index >= 15 is 0 Å². The molecule has 3 aromatic carbocycles. The molecule has 1 aliphatic rings. The first-order chi connectivity index (χ1) is 17.2. The molecule has 178 valence electrons. The molecule has 0 aliphatic carbocycles. The van der Waals surface area contributed by atoms with Crippen molar-refractivity contribution in [3.63, 3.8) is 0 Å². The number of carbonyl (C=O) groups is 1. The second kappa shape index (κ2) is 10.7. The molecule has 5 rings (SSSR count). The first-order valence-electron chi connectivity index (χ1n) is 12.0. The Morgan fingerprint density at radius 2 is 1.71 bits per heavy atom. The molecule has 4 aromatic rings. The van der Waals surface area contributed by atoms with Crippen LogP contribution in [0.2, 0.25) is 0 Å². The number of aromatic nitrogens is 1. The smallest absolute Gasteiger partial charge is 0.246 e. The van der Waals surface area contributed by atoms with E-state index in [-0.39, 0.29) is 11.9 Å². The molecule has 35 heavy (non-hydrogen) atoms. The zero-order valence-corrected chi connectivity index (χ0v) is 19.9. The second-order valence-corrected chi connectivity index (χ2v) is 8.84. The number of carbonyl (C=O) groups excluding carboxylic acids is 1. The highest BCUT2D eigenvalue weighted by atomic mass is 16.5. The van der Waals surface area contributed by atoms with Crippen LogP contribution in [0.5, 0.6) is 5.75 Å².